The first-order valence-electron chi connectivity index (χ1n) is 7.16. The lowest BCUT2D eigenvalue weighted by atomic mass is 10.1. The molecule has 22 heavy (non-hydrogen) atoms. The van der Waals surface area contributed by atoms with E-state index in [0.29, 0.717) is 5.56 Å². The number of carbonyl (C=O) groups is 1. The zero-order valence-electron chi connectivity index (χ0n) is 12.5. The van der Waals surface area contributed by atoms with Crippen LogP contribution in [0.15, 0.2) is 54.7 Å². The Morgan fingerprint density at radius 2 is 1.95 bits per heavy atom. The summed E-state index contributed by atoms with van der Waals surface area (Å²) in [4.78, 5) is 12.5. The van der Waals surface area contributed by atoms with Crippen molar-refractivity contribution in [2.24, 2.45) is 7.05 Å². The molecule has 1 heterocycles. The number of para-hydroxylation sites is 1. The van der Waals surface area contributed by atoms with Crippen LogP contribution in [0.25, 0.3) is 10.9 Å². The molecule has 1 N–H and O–H groups in total. The Balaban J connectivity index is 1.87. The molecule has 1 atom stereocenters. The number of benzene rings is 2. The van der Waals surface area contributed by atoms with Gasteiger partial charge in [-0.05, 0) is 30.7 Å². The van der Waals surface area contributed by atoms with Crippen LogP contribution in [0.2, 0.25) is 0 Å². The number of aromatic nitrogens is 1. The van der Waals surface area contributed by atoms with Gasteiger partial charge < -0.3 is 9.88 Å². The molecule has 1 aromatic heterocycles. The Morgan fingerprint density at radius 1 is 1.18 bits per heavy atom. The van der Waals surface area contributed by atoms with E-state index in [-0.39, 0.29) is 17.8 Å². The Kier molecular flexibility index (Phi) is 3.67. The van der Waals surface area contributed by atoms with E-state index in [9.17, 15) is 9.18 Å². The van der Waals surface area contributed by atoms with Crippen molar-refractivity contribution in [1.29, 1.82) is 0 Å². The molecule has 2 aromatic carbocycles. The number of nitrogens with one attached hydrogen (secondary N) is 1. The summed E-state index contributed by atoms with van der Waals surface area (Å²) < 4.78 is 15.2. The second-order valence-corrected chi connectivity index (χ2v) is 5.42. The van der Waals surface area contributed by atoms with Gasteiger partial charge in [0.15, 0.2) is 0 Å². The Hall–Kier alpha value is -2.62. The van der Waals surface area contributed by atoms with Crippen LogP contribution in [0, 0.1) is 5.82 Å². The maximum atomic E-state index is 13.3. The minimum absolute atomic E-state index is 0.159. The summed E-state index contributed by atoms with van der Waals surface area (Å²) in [5.74, 6) is -0.461. The van der Waals surface area contributed by atoms with Crippen LogP contribution < -0.4 is 5.32 Å². The number of hydrogen-bond donors (Lipinski definition) is 1. The molecule has 0 aliphatic heterocycles. The van der Waals surface area contributed by atoms with E-state index in [1.165, 1.54) is 12.1 Å². The van der Waals surface area contributed by atoms with E-state index in [1.54, 1.807) is 12.1 Å². The molecular weight excluding hydrogens is 279 g/mol. The number of halogens is 1. The summed E-state index contributed by atoms with van der Waals surface area (Å²) in [6, 6.07) is 13.8. The third-order valence-corrected chi connectivity index (χ3v) is 3.84. The molecule has 0 saturated carbocycles. The molecule has 0 spiro atoms. The summed E-state index contributed by atoms with van der Waals surface area (Å²) >= 11 is 0. The molecule has 0 radical (unpaired) electrons. The first-order chi connectivity index (χ1) is 10.6. The molecule has 0 aliphatic rings. The quantitative estimate of drug-likeness (QED) is 0.783. The molecular formula is C18H17FN2O. The lowest BCUT2D eigenvalue weighted by Crippen LogP contribution is -2.26. The van der Waals surface area contributed by atoms with Crippen molar-refractivity contribution in [2.45, 2.75) is 13.0 Å². The van der Waals surface area contributed by atoms with Crippen LogP contribution in [-0.4, -0.2) is 10.5 Å². The molecule has 0 aliphatic carbocycles. The largest absolute Gasteiger partial charge is 0.350 e. The van der Waals surface area contributed by atoms with Gasteiger partial charge in [0.1, 0.15) is 5.82 Å². The van der Waals surface area contributed by atoms with E-state index < -0.39 is 0 Å². The van der Waals surface area contributed by atoms with Gasteiger partial charge in [0.25, 0.3) is 5.91 Å². The molecule has 0 fully saturated rings. The highest BCUT2D eigenvalue weighted by Crippen LogP contribution is 2.21. The Bertz CT molecular complexity index is 838. The fourth-order valence-corrected chi connectivity index (χ4v) is 2.66. The van der Waals surface area contributed by atoms with Crippen molar-refractivity contribution in [3.63, 3.8) is 0 Å². The van der Waals surface area contributed by atoms with Crippen molar-refractivity contribution in [2.75, 3.05) is 0 Å². The lowest BCUT2D eigenvalue weighted by Gasteiger charge is -2.14. The van der Waals surface area contributed by atoms with Crippen LogP contribution in [0.3, 0.4) is 0 Å². The first kappa shape index (κ1) is 14.3. The predicted octanol–water partition coefficient (Wildman–Crippen LogP) is 3.81. The smallest absolute Gasteiger partial charge is 0.253 e. The van der Waals surface area contributed by atoms with Crippen LogP contribution in [0.5, 0.6) is 0 Å². The van der Waals surface area contributed by atoms with Gasteiger partial charge in [-0.1, -0.05) is 30.3 Å². The number of rotatable bonds is 3. The highest BCUT2D eigenvalue weighted by molar-refractivity contribution is 6.07. The van der Waals surface area contributed by atoms with Crippen molar-refractivity contribution < 1.29 is 9.18 Å². The average molecular weight is 296 g/mol. The van der Waals surface area contributed by atoms with Gasteiger partial charge in [0, 0.05) is 24.1 Å². The number of fused-ring (bicyclic) bond motifs is 1. The second-order valence-electron chi connectivity index (χ2n) is 5.42. The Labute approximate surface area is 128 Å². The zero-order valence-corrected chi connectivity index (χ0v) is 12.5. The molecule has 0 saturated heterocycles. The summed E-state index contributed by atoms with van der Waals surface area (Å²) in [5.41, 5.74) is 2.38. The number of aryl methyl sites for hydroxylation is 1. The molecule has 112 valence electrons. The topological polar surface area (TPSA) is 34.0 Å². The second kappa shape index (κ2) is 5.64. The zero-order chi connectivity index (χ0) is 15.7. The fraction of sp³-hybridized carbons (Fsp3) is 0.167. The lowest BCUT2D eigenvalue weighted by molar-refractivity contribution is 0.0941. The van der Waals surface area contributed by atoms with E-state index in [2.05, 4.69) is 5.32 Å². The molecule has 4 heteroatoms. The van der Waals surface area contributed by atoms with Crippen molar-refractivity contribution in [3.8, 4) is 0 Å². The maximum Gasteiger partial charge on any atom is 0.253 e. The normalized spacial score (nSPS) is 12.3. The monoisotopic (exact) mass is 296 g/mol. The molecule has 0 bridgehead atoms. The average Bonchev–Trinajstić information content (AvgIpc) is 2.85. The Morgan fingerprint density at radius 3 is 2.73 bits per heavy atom. The summed E-state index contributed by atoms with van der Waals surface area (Å²) in [6.07, 6.45) is 1.82. The van der Waals surface area contributed by atoms with Gasteiger partial charge in [-0.3, -0.25) is 4.79 Å². The standard InChI is InChI=1S/C18H17FN2O/c1-12(13-6-5-7-14(19)10-13)20-18(22)16-11-21(2)17-9-4-3-8-15(16)17/h3-12H,1-2H3,(H,20,22)/t12-/m0/s1. The minimum Gasteiger partial charge on any atom is -0.350 e. The molecule has 0 unspecified atom stereocenters. The van der Waals surface area contributed by atoms with Gasteiger partial charge in [-0.2, -0.15) is 0 Å². The SMILES string of the molecule is C[C@H](NC(=O)c1cn(C)c2ccccc12)c1cccc(F)c1. The highest BCUT2D eigenvalue weighted by Gasteiger charge is 2.16. The van der Waals surface area contributed by atoms with E-state index in [0.717, 1.165) is 16.5 Å². The van der Waals surface area contributed by atoms with Crippen molar-refractivity contribution in [1.82, 2.24) is 9.88 Å². The molecule has 3 rings (SSSR count). The third kappa shape index (κ3) is 2.60. The maximum absolute atomic E-state index is 13.3. The van der Waals surface area contributed by atoms with Gasteiger partial charge in [-0.15, -0.1) is 0 Å². The number of carbonyl (C=O) groups excluding carboxylic acids is 1. The van der Waals surface area contributed by atoms with Gasteiger partial charge in [0.05, 0.1) is 11.6 Å². The number of amides is 1. The van der Waals surface area contributed by atoms with Gasteiger partial charge >= 0.3 is 0 Å². The number of hydrogen-bond acceptors (Lipinski definition) is 1. The predicted molar refractivity (Wildman–Crippen MR) is 85.2 cm³/mol. The third-order valence-electron chi connectivity index (χ3n) is 3.84. The molecule has 1 amide bonds. The van der Waals surface area contributed by atoms with Crippen LogP contribution in [0.1, 0.15) is 28.9 Å². The molecule has 3 aromatic rings. The van der Waals surface area contributed by atoms with Crippen LogP contribution in [-0.2, 0) is 7.05 Å². The van der Waals surface area contributed by atoms with Crippen LogP contribution >= 0.6 is 0 Å². The highest BCUT2D eigenvalue weighted by atomic mass is 19.1. The van der Waals surface area contributed by atoms with E-state index in [1.807, 2.05) is 49.0 Å². The first-order valence-corrected chi connectivity index (χ1v) is 7.16. The van der Waals surface area contributed by atoms with Gasteiger partial charge in [0.2, 0.25) is 0 Å². The van der Waals surface area contributed by atoms with Crippen molar-refractivity contribution in [3.05, 3.63) is 71.7 Å². The van der Waals surface area contributed by atoms with Gasteiger partial charge in [-0.25, -0.2) is 4.39 Å². The summed E-state index contributed by atoms with van der Waals surface area (Å²) in [5, 5.41) is 3.84. The molecule has 3 nitrogen and oxygen atoms in total. The van der Waals surface area contributed by atoms with E-state index in [4.69, 9.17) is 0 Å². The van der Waals surface area contributed by atoms with Crippen LogP contribution in [0.4, 0.5) is 4.39 Å². The summed E-state index contributed by atoms with van der Waals surface area (Å²) in [6.45, 7) is 1.85. The number of nitrogens with zero attached hydrogens (tertiary/aromatic N) is 1. The van der Waals surface area contributed by atoms with E-state index >= 15 is 0 Å². The minimum atomic E-state index is -0.302. The van der Waals surface area contributed by atoms with Crippen molar-refractivity contribution >= 4 is 16.8 Å². The summed E-state index contributed by atoms with van der Waals surface area (Å²) in [7, 11) is 1.91. The fourth-order valence-electron chi connectivity index (χ4n) is 2.66.